The van der Waals surface area contributed by atoms with E-state index in [1.54, 1.807) is 0 Å². The summed E-state index contributed by atoms with van der Waals surface area (Å²) in [4.78, 5) is 16.8. The van der Waals surface area contributed by atoms with Crippen molar-refractivity contribution in [2.75, 3.05) is 0 Å². The third-order valence-electron chi connectivity index (χ3n) is 5.12. The van der Waals surface area contributed by atoms with E-state index in [2.05, 4.69) is 43.5 Å². The Balaban J connectivity index is 0.000000376. The zero-order valence-electron chi connectivity index (χ0n) is 16.6. The molecule has 2 saturated carbocycles. The monoisotopic (exact) mass is 451 g/mol. The van der Waals surface area contributed by atoms with Crippen LogP contribution in [0.1, 0.15) is 6.92 Å². The minimum Gasteiger partial charge on any atom is -0.296 e. The van der Waals surface area contributed by atoms with Crippen LogP contribution in [0, 0.1) is 62.9 Å². The summed E-state index contributed by atoms with van der Waals surface area (Å²) in [5.41, 5.74) is 2.80. The van der Waals surface area contributed by atoms with Crippen LogP contribution in [-0.4, -0.2) is 17.4 Å². The SMILES string of the molecule is CC1=NC(C=O)=P(c2ccccc2)(c2ccccc2)[C]2[CH][CH][CH][C]21.[CH]1[CH][CH][CH][CH]1.[Fe]. The molecule has 30 heavy (non-hydrogen) atoms. The fourth-order valence-corrected chi connectivity index (χ4v) is 8.10. The topological polar surface area (TPSA) is 29.4 Å². The van der Waals surface area contributed by atoms with Gasteiger partial charge in [0.25, 0.3) is 0 Å². The molecule has 0 N–H and O–H groups in total. The Morgan fingerprint density at radius 1 is 0.733 bits per heavy atom. The number of rotatable bonds is 3. The van der Waals surface area contributed by atoms with Gasteiger partial charge in [-0.05, 0) is 75.8 Å². The maximum atomic E-state index is 12.1. The molecule has 0 bridgehead atoms. The number of nitrogens with zero attached hydrogens (tertiary/aromatic N) is 1. The first-order chi connectivity index (χ1) is 14.3. The van der Waals surface area contributed by atoms with Crippen molar-refractivity contribution >= 4 is 34.9 Å². The van der Waals surface area contributed by atoms with Gasteiger partial charge in [0, 0.05) is 34.4 Å². The zero-order valence-corrected chi connectivity index (χ0v) is 18.6. The van der Waals surface area contributed by atoms with Gasteiger partial charge in [-0.3, -0.25) is 9.79 Å². The van der Waals surface area contributed by atoms with E-state index in [0.717, 1.165) is 17.9 Å². The quantitative estimate of drug-likeness (QED) is 0.391. The van der Waals surface area contributed by atoms with Crippen molar-refractivity contribution in [3.05, 3.63) is 124 Å². The summed E-state index contributed by atoms with van der Waals surface area (Å²) in [6.45, 7) is -0.245. The zero-order chi connectivity index (χ0) is 20.1. The minimum atomic E-state index is -2.22. The molecule has 10 radical (unpaired) electrons. The molecule has 4 heteroatoms. The normalized spacial score (nSPS) is 20.4. The van der Waals surface area contributed by atoms with Crippen molar-refractivity contribution in [2.45, 2.75) is 6.92 Å². The van der Waals surface area contributed by atoms with Crippen LogP contribution < -0.4 is 10.6 Å². The van der Waals surface area contributed by atoms with Gasteiger partial charge in [-0.25, -0.2) is 0 Å². The Kier molecular flexibility index (Phi) is 8.35. The van der Waals surface area contributed by atoms with Gasteiger partial charge < -0.3 is 0 Å². The predicted octanol–water partition coefficient (Wildman–Crippen LogP) is 4.21. The summed E-state index contributed by atoms with van der Waals surface area (Å²) in [6, 6.07) is 20.7. The molecule has 0 aromatic heterocycles. The average molecular weight is 451 g/mol. The van der Waals surface area contributed by atoms with E-state index in [-0.39, 0.29) is 17.1 Å². The second kappa shape index (κ2) is 10.8. The Morgan fingerprint density at radius 2 is 1.23 bits per heavy atom. The summed E-state index contributed by atoms with van der Waals surface area (Å²) < 4.78 is 0. The Morgan fingerprint density at radius 3 is 1.70 bits per heavy atom. The van der Waals surface area contributed by atoms with E-state index in [0.29, 0.717) is 5.42 Å². The van der Waals surface area contributed by atoms with Gasteiger partial charge in [0.1, 0.15) is 5.42 Å². The number of aldehydes is 1. The number of carbonyl (C=O) groups excluding carboxylic acids is 1. The largest absolute Gasteiger partial charge is 0.296 e. The Labute approximate surface area is 192 Å². The molecule has 1 heterocycles. The third kappa shape index (κ3) is 4.31. The molecule has 3 aliphatic rings. The number of hydrogen-bond donors (Lipinski definition) is 0. The first-order valence-electron chi connectivity index (χ1n) is 9.60. The third-order valence-corrected chi connectivity index (χ3v) is 9.27. The second-order valence-electron chi connectivity index (χ2n) is 6.80. The summed E-state index contributed by atoms with van der Waals surface area (Å²) in [6.07, 6.45) is 17.3. The van der Waals surface area contributed by atoms with E-state index in [1.165, 1.54) is 16.3 Å². The summed E-state index contributed by atoms with van der Waals surface area (Å²) in [7, 11) is 0. The summed E-state index contributed by atoms with van der Waals surface area (Å²) in [5, 5.41) is 2.34. The maximum Gasteiger partial charge on any atom is 0.169 e. The molecular formula is C26H22FeNOP. The molecule has 0 saturated heterocycles. The Hall–Kier alpha value is -1.40. The number of hydrogen-bond acceptors (Lipinski definition) is 2. The number of fused-ring (bicyclic) bond motifs is 1. The molecule has 5 rings (SSSR count). The van der Waals surface area contributed by atoms with Crippen LogP contribution in [0.15, 0.2) is 65.7 Å². The second-order valence-corrected chi connectivity index (χ2v) is 10.1. The molecule has 0 atom stereocenters. The van der Waals surface area contributed by atoms with Crippen LogP contribution in [0.4, 0.5) is 0 Å². The van der Waals surface area contributed by atoms with Crippen LogP contribution in [0.3, 0.4) is 0 Å². The van der Waals surface area contributed by atoms with Crippen molar-refractivity contribution in [1.29, 1.82) is 0 Å². The average Bonchev–Trinajstić information content (AvgIpc) is 3.50. The van der Waals surface area contributed by atoms with Crippen molar-refractivity contribution in [2.24, 2.45) is 4.99 Å². The van der Waals surface area contributed by atoms with E-state index in [4.69, 9.17) is 4.99 Å². The van der Waals surface area contributed by atoms with Crippen LogP contribution >= 0.6 is 6.89 Å². The fourth-order valence-electron chi connectivity index (χ4n) is 3.86. The van der Waals surface area contributed by atoms with Gasteiger partial charge in [-0.1, -0.05) is 60.7 Å². The van der Waals surface area contributed by atoms with Gasteiger partial charge in [0.15, 0.2) is 6.29 Å². The van der Waals surface area contributed by atoms with Crippen LogP contribution in [-0.2, 0) is 21.9 Å². The standard InChI is InChI=1S/C21H17NOP.C5H5.Fe/c1-16-19-13-8-14-20(19)24(21(15-23)22-16,17-9-4-2-5-10-17)18-11-6-3-7-12-18;1-2-4-5-3-1;/h2-15H,1H3;1-5H;. The molecule has 2 aliphatic carbocycles. The summed E-state index contributed by atoms with van der Waals surface area (Å²) >= 11 is 0. The Bertz CT molecular complexity index is 867. The molecule has 0 spiro atoms. The van der Waals surface area contributed by atoms with Crippen molar-refractivity contribution in [3.63, 3.8) is 0 Å². The number of aliphatic imine (C=N–C) groups is 1. The van der Waals surface area contributed by atoms with Gasteiger partial charge in [-0.15, -0.1) is 0 Å². The van der Waals surface area contributed by atoms with E-state index < -0.39 is 6.89 Å². The van der Waals surface area contributed by atoms with E-state index in [1.807, 2.05) is 75.4 Å². The predicted molar refractivity (Wildman–Crippen MR) is 124 cm³/mol. The smallest absolute Gasteiger partial charge is 0.169 e. The van der Waals surface area contributed by atoms with Crippen LogP contribution in [0.5, 0.6) is 0 Å². The summed E-state index contributed by atoms with van der Waals surface area (Å²) in [5.74, 6) is 1.15. The van der Waals surface area contributed by atoms with Crippen molar-refractivity contribution in [3.8, 4) is 0 Å². The number of benzene rings is 2. The van der Waals surface area contributed by atoms with Gasteiger partial charge in [0.2, 0.25) is 0 Å². The molecule has 150 valence electrons. The fraction of sp³-hybridized carbons (Fsp3) is 0.0385. The minimum absolute atomic E-state index is 0. The van der Waals surface area contributed by atoms with Crippen molar-refractivity contribution < 1.29 is 21.9 Å². The molecule has 2 nitrogen and oxygen atoms in total. The molecule has 0 amide bonds. The maximum absolute atomic E-state index is 12.1. The van der Waals surface area contributed by atoms with E-state index in [9.17, 15) is 4.79 Å². The number of carbonyl (C=O) groups is 1. The first kappa shape index (κ1) is 23.3. The van der Waals surface area contributed by atoms with Crippen LogP contribution in [0.25, 0.3) is 0 Å². The first-order valence-corrected chi connectivity index (χ1v) is 11.4. The van der Waals surface area contributed by atoms with E-state index >= 15 is 0 Å². The molecule has 2 fully saturated rings. The molecule has 1 aliphatic heterocycles. The van der Waals surface area contributed by atoms with Gasteiger partial charge in [0.05, 0.1) is 0 Å². The molecule has 2 aromatic rings. The van der Waals surface area contributed by atoms with Gasteiger partial charge >= 0.3 is 0 Å². The molecular weight excluding hydrogens is 429 g/mol. The molecule has 2 aromatic carbocycles. The molecule has 0 unspecified atom stereocenters. The van der Waals surface area contributed by atoms with Crippen LogP contribution in [0.2, 0.25) is 0 Å². The van der Waals surface area contributed by atoms with Crippen molar-refractivity contribution in [1.82, 2.24) is 0 Å². The van der Waals surface area contributed by atoms with Gasteiger partial charge in [-0.2, -0.15) is 0 Å².